The third-order valence-electron chi connectivity index (χ3n) is 2.74. The molecule has 0 aliphatic heterocycles. The fourth-order valence-electron chi connectivity index (χ4n) is 1.60. The smallest absolute Gasteiger partial charge is 0.321 e. The van der Waals surface area contributed by atoms with Crippen molar-refractivity contribution in [1.29, 1.82) is 0 Å². The van der Waals surface area contributed by atoms with Crippen molar-refractivity contribution in [3.05, 3.63) is 30.3 Å². The highest BCUT2D eigenvalue weighted by Gasteiger charge is 2.23. The molecular weight excluding hydrogens is 230 g/mol. The van der Waals surface area contributed by atoms with E-state index in [2.05, 4.69) is 10.6 Å². The van der Waals surface area contributed by atoms with Gasteiger partial charge in [0.1, 0.15) is 0 Å². The van der Waals surface area contributed by atoms with E-state index < -0.39 is 6.03 Å². The lowest BCUT2D eigenvalue weighted by Gasteiger charge is -2.18. The van der Waals surface area contributed by atoms with Crippen molar-refractivity contribution < 1.29 is 9.59 Å². The zero-order valence-electron chi connectivity index (χ0n) is 10.3. The molecule has 1 fully saturated rings. The topological polar surface area (TPSA) is 61.4 Å². The Balaban J connectivity index is 1.77. The van der Waals surface area contributed by atoms with Crippen molar-refractivity contribution in [2.45, 2.75) is 18.9 Å². The Bertz CT molecular complexity index is 429. The third-order valence-corrected chi connectivity index (χ3v) is 2.74. The fourth-order valence-corrected chi connectivity index (χ4v) is 1.60. The molecule has 2 N–H and O–H groups in total. The number of para-hydroxylation sites is 1. The number of imide groups is 1. The summed E-state index contributed by atoms with van der Waals surface area (Å²) in [6.45, 7) is 0.155. The van der Waals surface area contributed by atoms with Crippen LogP contribution in [0.3, 0.4) is 0 Å². The van der Waals surface area contributed by atoms with Gasteiger partial charge in [-0.2, -0.15) is 0 Å². The molecule has 0 aromatic heterocycles. The van der Waals surface area contributed by atoms with Gasteiger partial charge in [0.2, 0.25) is 5.91 Å². The summed E-state index contributed by atoms with van der Waals surface area (Å²) in [4.78, 5) is 24.8. The van der Waals surface area contributed by atoms with Crippen LogP contribution in [-0.2, 0) is 4.79 Å². The van der Waals surface area contributed by atoms with E-state index in [4.69, 9.17) is 0 Å². The van der Waals surface area contributed by atoms with Crippen LogP contribution in [-0.4, -0.2) is 31.6 Å². The Kier molecular flexibility index (Phi) is 3.82. The number of nitrogens with one attached hydrogen (secondary N) is 2. The molecule has 1 saturated carbocycles. The van der Waals surface area contributed by atoms with Gasteiger partial charge in [-0.3, -0.25) is 10.1 Å². The van der Waals surface area contributed by atoms with Gasteiger partial charge < -0.3 is 10.2 Å². The Labute approximate surface area is 106 Å². The summed E-state index contributed by atoms with van der Waals surface area (Å²) in [6.07, 6.45) is 2.01. The van der Waals surface area contributed by atoms with Gasteiger partial charge in [-0.15, -0.1) is 0 Å². The highest BCUT2D eigenvalue weighted by Crippen LogP contribution is 2.18. The summed E-state index contributed by atoms with van der Waals surface area (Å²) in [5.74, 6) is -0.306. The second-order valence-corrected chi connectivity index (χ2v) is 4.49. The summed E-state index contributed by atoms with van der Waals surface area (Å²) >= 11 is 0. The van der Waals surface area contributed by atoms with Crippen molar-refractivity contribution in [2.75, 3.05) is 18.5 Å². The zero-order valence-corrected chi connectivity index (χ0v) is 10.3. The molecule has 3 amide bonds. The normalized spacial score (nSPS) is 13.8. The van der Waals surface area contributed by atoms with Crippen LogP contribution in [0.15, 0.2) is 30.3 Å². The lowest BCUT2D eigenvalue weighted by atomic mass is 10.3. The third kappa shape index (κ3) is 3.76. The van der Waals surface area contributed by atoms with Crippen molar-refractivity contribution >= 4 is 17.6 Å². The number of carbonyl (C=O) groups is 2. The van der Waals surface area contributed by atoms with Crippen LogP contribution in [0.4, 0.5) is 10.5 Å². The van der Waals surface area contributed by atoms with Crippen LogP contribution in [0.25, 0.3) is 0 Å². The number of carbonyl (C=O) groups excluding carboxylic acids is 2. The number of urea groups is 1. The molecule has 5 heteroatoms. The lowest BCUT2D eigenvalue weighted by Crippen LogP contribution is -2.44. The summed E-state index contributed by atoms with van der Waals surface area (Å²) in [7, 11) is 1.81. The fraction of sp³-hybridized carbons (Fsp3) is 0.385. The first-order valence-corrected chi connectivity index (χ1v) is 6.01. The van der Waals surface area contributed by atoms with Gasteiger partial charge in [-0.25, -0.2) is 4.79 Å². The van der Waals surface area contributed by atoms with Crippen LogP contribution in [0.1, 0.15) is 12.8 Å². The number of likely N-dealkylation sites (N-methyl/N-ethyl adjacent to an activating group) is 1. The Hall–Kier alpha value is -2.04. The highest BCUT2D eigenvalue weighted by molar-refractivity contribution is 5.96. The Morgan fingerprint density at radius 3 is 2.56 bits per heavy atom. The molecule has 0 unspecified atom stereocenters. The van der Waals surface area contributed by atoms with Crippen LogP contribution in [0.2, 0.25) is 0 Å². The number of amides is 3. The number of hydrogen-bond donors (Lipinski definition) is 2. The minimum Gasteiger partial charge on any atom is -0.365 e. The monoisotopic (exact) mass is 247 g/mol. The number of benzene rings is 1. The predicted molar refractivity (Wildman–Crippen MR) is 69.4 cm³/mol. The first kappa shape index (κ1) is 12.4. The van der Waals surface area contributed by atoms with Gasteiger partial charge in [-0.1, -0.05) is 18.2 Å². The maximum Gasteiger partial charge on any atom is 0.321 e. The van der Waals surface area contributed by atoms with Crippen LogP contribution >= 0.6 is 0 Å². The summed E-state index contributed by atoms with van der Waals surface area (Å²) < 4.78 is 0. The molecule has 0 saturated heterocycles. The van der Waals surface area contributed by atoms with Crippen LogP contribution in [0, 0.1) is 0 Å². The SMILES string of the molecule is CN(CC(=O)NC(=O)NC1CC1)c1ccccc1. The van der Waals surface area contributed by atoms with Crippen molar-refractivity contribution in [1.82, 2.24) is 10.6 Å². The quantitative estimate of drug-likeness (QED) is 0.838. The highest BCUT2D eigenvalue weighted by atomic mass is 16.2. The molecule has 18 heavy (non-hydrogen) atoms. The van der Waals surface area contributed by atoms with E-state index in [9.17, 15) is 9.59 Å². The molecule has 0 heterocycles. The molecule has 1 aromatic carbocycles. The molecule has 1 aliphatic rings. The van der Waals surface area contributed by atoms with Gasteiger partial charge in [0, 0.05) is 18.8 Å². The van der Waals surface area contributed by atoms with Crippen molar-refractivity contribution in [3.63, 3.8) is 0 Å². The second-order valence-electron chi connectivity index (χ2n) is 4.49. The lowest BCUT2D eigenvalue weighted by molar-refractivity contribution is -0.118. The Morgan fingerprint density at radius 1 is 1.28 bits per heavy atom. The van der Waals surface area contributed by atoms with E-state index in [0.717, 1.165) is 18.5 Å². The number of anilines is 1. The number of nitrogens with zero attached hydrogens (tertiary/aromatic N) is 1. The summed E-state index contributed by atoms with van der Waals surface area (Å²) in [6, 6.07) is 9.41. The van der Waals surface area contributed by atoms with Gasteiger partial charge in [0.15, 0.2) is 0 Å². The Morgan fingerprint density at radius 2 is 1.94 bits per heavy atom. The molecule has 0 bridgehead atoms. The number of hydrogen-bond acceptors (Lipinski definition) is 3. The first-order chi connectivity index (χ1) is 8.65. The molecule has 1 aromatic rings. The van der Waals surface area contributed by atoms with Crippen LogP contribution in [0.5, 0.6) is 0 Å². The molecule has 1 aliphatic carbocycles. The average molecular weight is 247 g/mol. The molecule has 5 nitrogen and oxygen atoms in total. The second kappa shape index (κ2) is 5.53. The predicted octanol–water partition coefficient (Wildman–Crippen LogP) is 1.11. The van der Waals surface area contributed by atoms with Crippen molar-refractivity contribution in [2.24, 2.45) is 0 Å². The van der Waals surface area contributed by atoms with E-state index >= 15 is 0 Å². The maximum absolute atomic E-state index is 11.6. The summed E-state index contributed by atoms with van der Waals surface area (Å²) in [5.41, 5.74) is 0.940. The molecule has 0 atom stereocenters. The van der Waals surface area contributed by atoms with E-state index in [-0.39, 0.29) is 18.5 Å². The minimum atomic E-state index is -0.399. The standard InChI is InChI=1S/C13H17N3O2/c1-16(11-5-3-2-4-6-11)9-12(17)15-13(18)14-10-7-8-10/h2-6,10H,7-9H2,1H3,(H2,14,15,17,18). The zero-order chi connectivity index (χ0) is 13.0. The van der Waals surface area contributed by atoms with Gasteiger partial charge in [-0.05, 0) is 25.0 Å². The van der Waals surface area contributed by atoms with E-state index in [0.29, 0.717) is 0 Å². The van der Waals surface area contributed by atoms with Crippen molar-refractivity contribution in [3.8, 4) is 0 Å². The molecule has 96 valence electrons. The van der Waals surface area contributed by atoms with Crippen LogP contribution < -0.4 is 15.5 Å². The molecule has 0 radical (unpaired) electrons. The van der Waals surface area contributed by atoms with E-state index in [1.54, 1.807) is 4.90 Å². The van der Waals surface area contributed by atoms with Gasteiger partial charge in [0.05, 0.1) is 6.54 Å². The maximum atomic E-state index is 11.6. The van der Waals surface area contributed by atoms with Gasteiger partial charge >= 0.3 is 6.03 Å². The minimum absolute atomic E-state index is 0.155. The first-order valence-electron chi connectivity index (χ1n) is 6.01. The molecular formula is C13H17N3O2. The average Bonchev–Trinajstić information content (AvgIpc) is 3.13. The van der Waals surface area contributed by atoms with E-state index in [1.165, 1.54) is 0 Å². The molecule has 0 spiro atoms. The summed E-state index contributed by atoms with van der Waals surface area (Å²) in [5, 5.41) is 5.03. The number of rotatable bonds is 4. The van der Waals surface area contributed by atoms with E-state index in [1.807, 2.05) is 37.4 Å². The molecule has 2 rings (SSSR count). The van der Waals surface area contributed by atoms with Gasteiger partial charge in [0.25, 0.3) is 0 Å². The largest absolute Gasteiger partial charge is 0.365 e.